The summed E-state index contributed by atoms with van der Waals surface area (Å²) in [7, 11) is 0. The number of pyridine rings is 1. The number of carbonyl (C=O) groups is 1. The first-order valence-corrected chi connectivity index (χ1v) is 7.15. The molecule has 2 aromatic heterocycles. The van der Waals surface area contributed by atoms with E-state index in [2.05, 4.69) is 4.98 Å². The van der Waals surface area contributed by atoms with Crippen LogP contribution in [0.15, 0.2) is 41.1 Å². The van der Waals surface area contributed by atoms with Crippen molar-refractivity contribution in [2.24, 2.45) is 0 Å². The summed E-state index contributed by atoms with van der Waals surface area (Å²) < 4.78 is 5.66. The van der Waals surface area contributed by atoms with Crippen LogP contribution in [0.25, 0.3) is 0 Å². The van der Waals surface area contributed by atoms with Gasteiger partial charge < -0.3 is 9.32 Å². The van der Waals surface area contributed by atoms with Crippen molar-refractivity contribution in [3.63, 3.8) is 0 Å². The van der Waals surface area contributed by atoms with Crippen LogP contribution in [0.4, 0.5) is 0 Å². The van der Waals surface area contributed by atoms with Crippen molar-refractivity contribution in [2.75, 3.05) is 5.75 Å². The van der Waals surface area contributed by atoms with Crippen LogP contribution in [0, 0.1) is 6.92 Å². The minimum absolute atomic E-state index is 0.0191. The van der Waals surface area contributed by atoms with Crippen molar-refractivity contribution < 1.29 is 9.21 Å². The normalized spacial score (nSPS) is 19.1. The van der Waals surface area contributed by atoms with E-state index in [1.807, 2.05) is 36.1 Å². The summed E-state index contributed by atoms with van der Waals surface area (Å²) >= 11 is 1.61. The van der Waals surface area contributed by atoms with Gasteiger partial charge in [-0.05, 0) is 36.8 Å². The summed E-state index contributed by atoms with van der Waals surface area (Å²) in [6, 6.07) is 7.75. The molecule has 4 nitrogen and oxygen atoms in total. The smallest absolute Gasteiger partial charge is 0.234 e. The van der Waals surface area contributed by atoms with Gasteiger partial charge in [0.2, 0.25) is 5.91 Å². The van der Waals surface area contributed by atoms with E-state index in [9.17, 15) is 4.79 Å². The Balaban J connectivity index is 1.83. The van der Waals surface area contributed by atoms with Gasteiger partial charge in [0.15, 0.2) is 0 Å². The van der Waals surface area contributed by atoms with Gasteiger partial charge in [-0.2, -0.15) is 0 Å². The third-order valence-electron chi connectivity index (χ3n) is 3.07. The van der Waals surface area contributed by atoms with Gasteiger partial charge in [-0.3, -0.25) is 9.78 Å². The zero-order chi connectivity index (χ0) is 13.2. The molecule has 3 heterocycles. The fraction of sp³-hybridized carbons (Fsp3) is 0.286. The molecule has 1 saturated heterocycles. The van der Waals surface area contributed by atoms with E-state index in [1.54, 1.807) is 24.2 Å². The molecule has 0 spiro atoms. The maximum atomic E-state index is 12.0. The number of furan rings is 1. The largest absolute Gasteiger partial charge is 0.463 e. The summed E-state index contributed by atoms with van der Waals surface area (Å²) in [5, 5.41) is -0.0191. The molecule has 1 fully saturated rings. The summed E-state index contributed by atoms with van der Waals surface area (Å²) in [5.74, 6) is 2.39. The van der Waals surface area contributed by atoms with Crippen molar-refractivity contribution in [1.82, 2.24) is 9.88 Å². The average molecular weight is 274 g/mol. The third kappa shape index (κ3) is 2.51. The Kier molecular flexibility index (Phi) is 3.29. The molecule has 1 aliphatic heterocycles. The predicted molar refractivity (Wildman–Crippen MR) is 73.4 cm³/mol. The molecule has 2 aromatic rings. The predicted octanol–water partition coefficient (Wildman–Crippen LogP) is 2.76. The van der Waals surface area contributed by atoms with Gasteiger partial charge in [0, 0.05) is 18.9 Å². The first kappa shape index (κ1) is 12.3. The van der Waals surface area contributed by atoms with Gasteiger partial charge in [0.25, 0.3) is 0 Å². The second kappa shape index (κ2) is 5.09. The van der Waals surface area contributed by atoms with Gasteiger partial charge in [0.1, 0.15) is 16.9 Å². The molecule has 0 saturated carbocycles. The van der Waals surface area contributed by atoms with E-state index in [1.165, 1.54) is 0 Å². The van der Waals surface area contributed by atoms with Crippen molar-refractivity contribution in [1.29, 1.82) is 0 Å². The molecule has 3 rings (SSSR count). The molecule has 98 valence electrons. The Hall–Kier alpha value is -1.75. The van der Waals surface area contributed by atoms with Gasteiger partial charge in [-0.25, -0.2) is 0 Å². The molecule has 1 aliphatic rings. The van der Waals surface area contributed by atoms with Crippen LogP contribution in [-0.2, 0) is 11.3 Å². The Morgan fingerprint density at radius 3 is 2.84 bits per heavy atom. The van der Waals surface area contributed by atoms with E-state index < -0.39 is 0 Å². The Morgan fingerprint density at radius 2 is 2.16 bits per heavy atom. The van der Waals surface area contributed by atoms with Crippen molar-refractivity contribution in [3.05, 3.63) is 53.7 Å². The van der Waals surface area contributed by atoms with Gasteiger partial charge in [0.05, 0.1) is 5.75 Å². The lowest BCUT2D eigenvalue weighted by molar-refractivity contribution is -0.128. The van der Waals surface area contributed by atoms with E-state index >= 15 is 0 Å². The topological polar surface area (TPSA) is 46.3 Å². The quantitative estimate of drug-likeness (QED) is 0.863. The monoisotopic (exact) mass is 274 g/mol. The van der Waals surface area contributed by atoms with Crippen LogP contribution in [0.3, 0.4) is 0 Å². The van der Waals surface area contributed by atoms with Gasteiger partial charge in [-0.15, -0.1) is 11.8 Å². The second-order valence-electron chi connectivity index (χ2n) is 4.49. The molecule has 0 aliphatic carbocycles. The van der Waals surface area contributed by atoms with E-state index in [-0.39, 0.29) is 11.3 Å². The Morgan fingerprint density at radius 1 is 1.37 bits per heavy atom. The SMILES string of the molecule is Cc1ccc(C2SCC(=O)N2Cc2ccncc2)o1. The molecular formula is C14H14N2O2S. The highest BCUT2D eigenvalue weighted by Gasteiger charge is 2.34. The Bertz CT molecular complexity index is 582. The molecule has 0 aromatic carbocycles. The van der Waals surface area contributed by atoms with E-state index in [0.717, 1.165) is 17.1 Å². The number of aromatic nitrogens is 1. The molecule has 1 amide bonds. The van der Waals surface area contributed by atoms with Crippen LogP contribution >= 0.6 is 11.8 Å². The first-order chi connectivity index (χ1) is 9.24. The number of carbonyl (C=O) groups excluding carboxylic acids is 1. The maximum absolute atomic E-state index is 12.0. The van der Waals surface area contributed by atoms with Gasteiger partial charge in [-0.1, -0.05) is 0 Å². The molecule has 0 N–H and O–H groups in total. The maximum Gasteiger partial charge on any atom is 0.234 e. The number of hydrogen-bond donors (Lipinski definition) is 0. The summed E-state index contributed by atoms with van der Waals surface area (Å²) in [6.45, 7) is 2.51. The lowest BCUT2D eigenvalue weighted by atomic mass is 10.2. The number of aryl methyl sites for hydroxylation is 1. The number of hydrogen-bond acceptors (Lipinski definition) is 4. The standard InChI is InChI=1S/C14H14N2O2S/c1-10-2-3-12(18-10)14-16(13(17)9-19-14)8-11-4-6-15-7-5-11/h2-7,14H,8-9H2,1H3. The number of thioether (sulfide) groups is 1. The number of rotatable bonds is 3. The van der Waals surface area contributed by atoms with Crippen molar-refractivity contribution in [3.8, 4) is 0 Å². The zero-order valence-electron chi connectivity index (χ0n) is 10.6. The zero-order valence-corrected chi connectivity index (χ0v) is 11.4. The van der Waals surface area contributed by atoms with Crippen LogP contribution in [-0.4, -0.2) is 21.5 Å². The number of nitrogens with zero attached hydrogens (tertiary/aromatic N) is 2. The van der Waals surface area contributed by atoms with Crippen LogP contribution in [0.1, 0.15) is 22.5 Å². The van der Waals surface area contributed by atoms with E-state index in [4.69, 9.17) is 4.42 Å². The molecule has 1 atom stereocenters. The minimum atomic E-state index is -0.0191. The minimum Gasteiger partial charge on any atom is -0.463 e. The fourth-order valence-electron chi connectivity index (χ4n) is 2.13. The molecule has 19 heavy (non-hydrogen) atoms. The van der Waals surface area contributed by atoms with Crippen LogP contribution < -0.4 is 0 Å². The second-order valence-corrected chi connectivity index (χ2v) is 5.56. The summed E-state index contributed by atoms with van der Waals surface area (Å²) in [4.78, 5) is 17.9. The highest BCUT2D eigenvalue weighted by atomic mass is 32.2. The summed E-state index contributed by atoms with van der Waals surface area (Å²) in [5.41, 5.74) is 1.08. The molecule has 5 heteroatoms. The fourth-order valence-corrected chi connectivity index (χ4v) is 3.26. The van der Waals surface area contributed by atoms with Crippen molar-refractivity contribution in [2.45, 2.75) is 18.8 Å². The lowest BCUT2D eigenvalue weighted by Crippen LogP contribution is -2.27. The first-order valence-electron chi connectivity index (χ1n) is 6.10. The molecule has 0 bridgehead atoms. The van der Waals surface area contributed by atoms with Gasteiger partial charge >= 0.3 is 0 Å². The highest BCUT2D eigenvalue weighted by Crippen LogP contribution is 2.40. The molecule has 1 unspecified atom stereocenters. The molecular weight excluding hydrogens is 260 g/mol. The molecule has 0 radical (unpaired) electrons. The lowest BCUT2D eigenvalue weighted by Gasteiger charge is -2.22. The average Bonchev–Trinajstić information content (AvgIpc) is 2.99. The third-order valence-corrected chi connectivity index (χ3v) is 4.29. The van der Waals surface area contributed by atoms with E-state index in [0.29, 0.717) is 12.3 Å². The Labute approximate surface area is 115 Å². The highest BCUT2D eigenvalue weighted by molar-refractivity contribution is 8.00. The van der Waals surface area contributed by atoms with Crippen LogP contribution in [0.2, 0.25) is 0 Å². The number of amides is 1. The van der Waals surface area contributed by atoms with Crippen molar-refractivity contribution >= 4 is 17.7 Å². The van der Waals surface area contributed by atoms with Crippen LogP contribution in [0.5, 0.6) is 0 Å². The summed E-state index contributed by atoms with van der Waals surface area (Å²) in [6.07, 6.45) is 3.49.